The fraction of sp³-hybridized carbons (Fsp3) is 0.364. The van der Waals surface area contributed by atoms with Crippen LogP contribution in [0.2, 0.25) is 0 Å². The molecular formula is C11H9F5N2O. The van der Waals surface area contributed by atoms with Crippen molar-refractivity contribution < 1.29 is 26.7 Å². The van der Waals surface area contributed by atoms with Crippen molar-refractivity contribution in [3.05, 3.63) is 29.1 Å². The van der Waals surface area contributed by atoms with Gasteiger partial charge < -0.3 is 10.6 Å². The molecule has 0 radical (unpaired) electrons. The Morgan fingerprint density at radius 3 is 1.89 bits per heavy atom. The topological polar surface area (TPSA) is 46.3 Å². The summed E-state index contributed by atoms with van der Waals surface area (Å²) in [5.74, 6) is -11.5. The summed E-state index contributed by atoms with van der Waals surface area (Å²) in [6, 6.07) is 0. The Morgan fingerprint density at radius 1 is 1.00 bits per heavy atom. The smallest absolute Gasteiger partial charge is 0.227 e. The molecule has 1 amide bonds. The van der Waals surface area contributed by atoms with Crippen molar-refractivity contribution in [2.75, 3.05) is 18.0 Å². The van der Waals surface area contributed by atoms with Crippen molar-refractivity contribution in [2.24, 2.45) is 11.7 Å². The van der Waals surface area contributed by atoms with Crippen LogP contribution in [0.4, 0.5) is 27.6 Å². The van der Waals surface area contributed by atoms with E-state index in [1.807, 2.05) is 0 Å². The van der Waals surface area contributed by atoms with E-state index in [0.717, 1.165) is 0 Å². The third-order valence-electron chi connectivity index (χ3n) is 3.00. The fourth-order valence-corrected chi connectivity index (χ4v) is 1.99. The van der Waals surface area contributed by atoms with E-state index in [4.69, 9.17) is 5.73 Å². The van der Waals surface area contributed by atoms with Crippen molar-refractivity contribution >= 4 is 11.6 Å². The van der Waals surface area contributed by atoms with E-state index in [0.29, 0.717) is 4.90 Å². The number of benzene rings is 1. The molecule has 0 aromatic heterocycles. The summed E-state index contributed by atoms with van der Waals surface area (Å²) in [4.78, 5) is 12.1. The summed E-state index contributed by atoms with van der Waals surface area (Å²) in [5, 5.41) is 0. The van der Waals surface area contributed by atoms with Gasteiger partial charge in [0.15, 0.2) is 23.3 Å². The van der Waals surface area contributed by atoms with Crippen molar-refractivity contribution in [1.82, 2.24) is 0 Å². The molecule has 8 heteroatoms. The molecular weight excluding hydrogens is 271 g/mol. The van der Waals surface area contributed by atoms with Crippen LogP contribution in [0.15, 0.2) is 0 Å². The molecule has 1 saturated heterocycles. The molecule has 104 valence electrons. The monoisotopic (exact) mass is 280 g/mol. The molecule has 1 unspecified atom stereocenters. The minimum Gasteiger partial charge on any atom is -0.330 e. The van der Waals surface area contributed by atoms with Crippen LogP contribution in [0, 0.1) is 35.0 Å². The SMILES string of the molecule is NCC1CC(=O)N(c2c(F)c(F)c(F)c(F)c2F)C1. The summed E-state index contributed by atoms with van der Waals surface area (Å²) in [6.45, 7) is -0.0919. The van der Waals surface area contributed by atoms with Gasteiger partial charge in [-0.15, -0.1) is 0 Å². The largest absolute Gasteiger partial charge is 0.330 e. The standard InChI is InChI=1S/C11H9F5N2O/c12-6-7(13)9(15)11(10(16)8(6)14)18-3-4(2-17)1-5(18)19/h4H,1-3,17H2. The first-order chi connectivity index (χ1) is 8.88. The Bertz CT molecular complexity index is 519. The van der Waals surface area contributed by atoms with Gasteiger partial charge >= 0.3 is 0 Å². The summed E-state index contributed by atoms with van der Waals surface area (Å²) >= 11 is 0. The molecule has 1 aromatic carbocycles. The lowest BCUT2D eigenvalue weighted by Crippen LogP contribution is -2.29. The number of hydrogen-bond acceptors (Lipinski definition) is 2. The maximum Gasteiger partial charge on any atom is 0.227 e. The predicted molar refractivity (Wildman–Crippen MR) is 55.7 cm³/mol. The second kappa shape index (κ2) is 4.76. The van der Waals surface area contributed by atoms with Crippen LogP contribution in [-0.4, -0.2) is 19.0 Å². The minimum atomic E-state index is -2.25. The molecule has 1 atom stereocenters. The molecule has 3 nitrogen and oxygen atoms in total. The number of halogens is 5. The average Bonchev–Trinajstić information content (AvgIpc) is 2.76. The summed E-state index contributed by atoms with van der Waals surface area (Å²) < 4.78 is 66.0. The third-order valence-corrected chi connectivity index (χ3v) is 3.00. The number of nitrogens with two attached hydrogens (primary N) is 1. The predicted octanol–water partition coefficient (Wildman–Crippen LogP) is 1.69. The van der Waals surface area contributed by atoms with Crippen molar-refractivity contribution in [3.8, 4) is 0 Å². The number of rotatable bonds is 2. The van der Waals surface area contributed by atoms with Crippen LogP contribution < -0.4 is 10.6 Å². The highest BCUT2D eigenvalue weighted by atomic mass is 19.2. The van der Waals surface area contributed by atoms with Gasteiger partial charge in [0.05, 0.1) is 0 Å². The Balaban J connectivity index is 2.55. The average molecular weight is 280 g/mol. The van der Waals surface area contributed by atoms with Gasteiger partial charge in [-0.05, 0) is 12.5 Å². The van der Waals surface area contributed by atoms with Crippen molar-refractivity contribution in [3.63, 3.8) is 0 Å². The van der Waals surface area contributed by atoms with Gasteiger partial charge in [0.25, 0.3) is 0 Å². The van der Waals surface area contributed by atoms with Crippen molar-refractivity contribution in [1.29, 1.82) is 0 Å². The molecule has 2 N–H and O–H groups in total. The lowest BCUT2D eigenvalue weighted by atomic mass is 10.1. The quantitative estimate of drug-likeness (QED) is 0.509. The molecule has 0 bridgehead atoms. The molecule has 19 heavy (non-hydrogen) atoms. The first kappa shape index (κ1) is 13.7. The zero-order valence-corrected chi connectivity index (χ0v) is 9.52. The maximum absolute atomic E-state index is 13.5. The Kier molecular flexibility index (Phi) is 3.44. The Labute approximate surface area is 104 Å². The number of carbonyl (C=O) groups excluding carboxylic acids is 1. The van der Waals surface area contributed by atoms with Gasteiger partial charge in [-0.25, -0.2) is 22.0 Å². The first-order valence-electron chi connectivity index (χ1n) is 5.40. The highest BCUT2D eigenvalue weighted by Gasteiger charge is 2.36. The third kappa shape index (κ3) is 2.05. The zero-order valence-electron chi connectivity index (χ0n) is 9.52. The summed E-state index contributed by atoms with van der Waals surface area (Å²) in [6.07, 6.45) is -0.0873. The second-order valence-electron chi connectivity index (χ2n) is 4.23. The number of anilines is 1. The van der Waals surface area contributed by atoms with Crippen LogP contribution in [0.3, 0.4) is 0 Å². The van der Waals surface area contributed by atoms with E-state index in [9.17, 15) is 26.7 Å². The van der Waals surface area contributed by atoms with E-state index >= 15 is 0 Å². The van der Waals surface area contributed by atoms with Crippen molar-refractivity contribution in [2.45, 2.75) is 6.42 Å². The highest BCUT2D eigenvalue weighted by molar-refractivity contribution is 5.96. The van der Waals surface area contributed by atoms with Crippen LogP contribution >= 0.6 is 0 Å². The lowest BCUT2D eigenvalue weighted by Gasteiger charge is -2.18. The molecule has 1 heterocycles. The van der Waals surface area contributed by atoms with Crippen LogP contribution in [0.1, 0.15) is 6.42 Å². The number of amides is 1. The molecule has 0 spiro atoms. The van der Waals surface area contributed by atoms with E-state index in [1.54, 1.807) is 0 Å². The van der Waals surface area contributed by atoms with Gasteiger partial charge in [0.2, 0.25) is 11.7 Å². The van der Waals surface area contributed by atoms with Crippen LogP contribution in [0.25, 0.3) is 0 Å². The fourth-order valence-electron chi connectivity index (χ4n) is 1.99. The van der Waals surface area contributed by atoms with E-state index in [-0.39, 0.29) is 25.4 Å². The Morgan fingerprint density at radius 2 is 1.47 bits per heavy atom. The van der Waals surface area contributed by atoms with Gasteiger partial charge in [-0.3, -0.25) is 4.79 Å². The number of nitrogens with zero attached hydrogens (tertiary/aromatic N) is 1. The van der Waals surface area contributed by atoms with E-state index < -0.39 is 40.7 Å². The second-order valence-corrected chi connectivity index (χ2v) is 4.23. The molecule has 0 saturated carbocycles. The van der Waals surface area contributed by atoms with Crippen LogP contribution in [-0.2, 0) is 4.79 Å². The molecule has 0 aliphatic carbocycles. The summed E-state index contributed by atoms with van der Waals surface area (Å²) in [7, 11) is 0. The van der Waals surface area contributed by atoms with E-state index in [2.05, 4.69) is 0 Å². The normalized spacial score (nSPS) is 19.4. The highest BCUT2D eigenvalue weighted by Crippen LogP contribution is 2.33. The van der Waals surface area contributed by atoms with Gasteiger partial charge in [0, 0.05) is 13.0 Å². The van der Waals surface area contributed by atoms with Crippen LogP contribution in [0.5, 0.6) is 0 Å². The molecule has 2 rings (SSSR count). The minimum absolute atomic E-state index is 0.0810. The molecule has 1 aromatic rings. The van der Waals surface area contributed by atoms with Gasteiger partial charge in [-0.1, -0.05) is 0 Å². The van der Waals surface area contributed by atoms with Gasteiger partial charge in [-0.2, -0.15) is 0 Å². The molecule has 1 fully saturated rings. The lowest BCUT2D eigenvalue weighted by molar-refractivity contribution is -0.117. The Hall–Kier alpha value is -1.70. The summed E-state index contributed by atoms with van der Waals surface area (Å²) in [5.41, 5.74) is 4.11. The van der Waals surface area contributed by atoms with E-state index in [1.165, 1.54) is 0 Å². The van der Waals surface area contributed by atoms with Gasteiger partial charge in [0.1, 0.15) is 5.69 Å². The zero-order chi connectivity index (χ0) is 14.3. The number of carbonyl (C=O) groups is 1. The molecule has 1 aliphatic rings. The maximum atomic E-state index is 13.5. The first-order valence-corrected chi connectivity index (χ1v) is 5.40. The number of hydrogen-bond donors (Lipinski definition) is 1. The molecule has 1 aliphatic heterocycles.